The van der Waals surface area contributed by atoms with Crippen molar-refractivity contribution in [2.75, 3.05) is 0 Å². The van der Waals surface area contributed by atoms with E-state index in [-0.39, 0.29) is 17.3 Å². The fraction of sp³-hybridized carbons (Fsp3) is 0.368. The van der Waals surface area contributed by atoms with Crippen molar-refractivity contribution in [3.05, 3.63) is 52.8 Å². The summed E-state index contributed by atoms with van der Waals surface area (Å²) in [6, 6.07) is 5.68. The molecule has 28 heavy (non-hydrogen) atoms. The Morgan fingerprint density at radius 2 is 1.93 bits per heavy atom. The van der Waals surface area contributed by atoms with Crippen LogP contribution in [0.3, 0.4) is 0 Å². The Hall–Kier alpha value is -2.52. The van der Waals surface area contributed by atoms with Crippen LogP contribution in [-0.2, 0) is 16.6 Å². The third-order valence-electron chi connectivity index (χ3n) is 5.13. The van der Waals surface area contributed by atoms with Gasteiger partial charge in [0.05, 0.1) is 0 Å². The Labute approximate surface area is 162 Å². The van der Waals surface area contributed by atoms with Crippen molar-refractivity contribution in [1.82, 2.24) is 19.9 Å². The minimum Gasteiger partial charge on any atom is -0.419 e. The van der Waals surface area contributed by atoms with Gasteiger partial charge in [-0.2, -0.15) is 0 Å². The third-order valence-corrected chi connectivity index (χ3v) is 6.80. The predicted octanol–water partition coefficient (Wildman–Crippen LogP) is 3.57. The quantitative estimate of drug-likeness (QED) is 0.654. The molecule has 1 fully saturated rings. The lowest BCUT2D eigenvalue weighted by molar-refractivity contribution is 0.338. The molecule has 0 unspecified atom stereocenters. The second-order valence-corrected chi connectivity index (χ2v) is 8.81. The van der Waals surface area contributed by atoms with Gasteiger partial charge in [0.1, 0.15) is 16.4 Å². The Bertz CT molecular complexity index is 1100. The zero-order valence-electron chi connectivity index (χ0n) is 15.6. The number of rotatable bonds is 6. The van der Waals surface area contributed by atoms with Crippen LogP contribution in [0, 0.1) is 19.7 Å². The molecule has 0 saturated heterocycles. The highest BCUT2D eigenvalue weighted by Gasteiger charge is 2.29. The van der Waals surface area contributed by atoms with Crippen LogP contribution in [0.4, 0.5) is 4.39 Å². The molecule has 1 aromatic carbocycles. The van der Waals surface area contributed by atoms with E-state index in [1.165, 1.54) is 12.1 Å². The van der Waals surface area contributed by atoms with Crippen molar-refractivity contribution in [3.63, 3.8) is 0 Å². The summed E-state index contributed by atoms with van der Waals surface area (Å²) >= 11 is 0. The van der Waals surface area contributed by atoms with E-state index in [1.54, 1.807) is 26.0 Å². The monoisotopic (exact) mass is 404 g/mol. The van der Waals surface area contributed by atoms with Gasteiger partial charge in [-0.15, -0.1) is 10.2 Å². The minimum absolute atomic E-state index is 0.0639. The van der Waals surface area contributed by atoms with Crippen LogP contribution in [0.15, 0.2) is 33.6 Å². The van der Waals surface area contributed by atoms with E-state index in [9.17, 15) is 12.8 Å². The number of aromatic amines is 1. The molecule has 0 amide bonds. The molecule has 2 heterocycles. The predicted molar refractivity (Wildman–Crippen MR) is 101 cm³/mol. The first-order valence-electron chi connectivity index (χ1n) is 9.12. The molecule has 0 bridgehead atoms. The first-order chi connectivity index (χ1) is 13.3. The lowest BCUT2D eigenvalue weighted by atomic mass is 9.85. The van der Waals surface area contributed by atoms with Gasteiger partial charge in [0, 0.05) is 18.2 Å². The summed E-state index contributed by atoms with van der Waals surface area (Å²) in [5.41, 5.74) is 2.19. The van der Waals surface area contributed by atoms with E-state index < -0.39 is 10.0 Å². The number of hydrogen-bond acceptors (Lipinski definition) is 5. The number of H-pyrrole nitrogens is 1. The van der Waals surface area contributed by atoms with Crippen molar-refractivity contribution < 1.29 is 17.2 Å². The SMILES string of the molecule is Cc1[nH]c(-c2nnc(C3CCC3)o2)c(C)c1S(=O)(=O)NCc1ccc(F)cc1. The Balaban J connectivity index is 1.58. The van der Waals surface area contributed by atoms with Crippen LogP contribution in [0.1, 0.15) is 47.9 Å². The summed E-state index contributed by atoms with van der Waals surface area (Å²) in [7, 11) is -3.78. The maximum absolute atomic E-state index is 13.0. The molecular formula is C19H21FN4O3S. The van der Waals surface area contributed by atoms with Crippen LogP contribution >= 0.6 is 0 Å². The molecule has 9 heteroatoms. The fourth-order valence-electron chi connectivity index (χ4n) is 3.36. The molecular weight excluding hydrogens is 383 g/mol. The van der Waals surface area contributed by atoms with Crippen molar-refractivity contribution in [1.29, 1.82) is 0 Å². The zero-order valence-corrected chi connectivity index (χ0v) is 16.4. The summed E-state index contributed by atoms with van der Waals surface area (Å²) < 4.78 is 47.1. The number of aromatic nitrogens is 3. The number of nitrogens with zero attached hydrogens (tertiary/aromatic N) is 2. The standard InChI is InChI=1S/C19H21FN4O3S/c1-11-16(19-24-23-18(27-19)14-4-3-5-14)22-12(2)17(11)28(25,26)21-10-13-6-8-15(20)9-7-13/h6-9,14,21-22H,3-5,10H2,1-2H3. The van der Waals surface area contributed by atoms with Crippen molar-refractivity contribution >= 4 is 10.0 Å². The summed E-state index contributed by atoms with van der Waals surface area (Å²) in [6.45, 7) is 3.46. The van der Waals surface area contributed by atoms with E-state index in [2.05, 4.69) is 19.9 Å². The largest absolute Gasteiger partial charge is 0.419 e. The van der Waals surface area contributed by atoms with Crippen molar-refractivity contribution in [3.8, 4) is 11.6 Å². The third kappa shape index (κ3) is 3.47. The van der Waals surface area contributed by atoms with E-state index in [0.717, 1.165) is 19.3 Å². The van der Waals surface area contributed by atoms with Gasteiger partial charge < -0.3 is 9.40 Å². The van der Waals surface area contributed by atoms with Gasteiger partial charge in [-0.3, -0.25) is 0 Å². The first kappa shape index (κ1) is 18.8. The normalized spacial score (nSPS) is 15.0. The van der Waals surface area contributed by atoms with E-state index in [4.69, 9.17) is 4.42 Å². The first-order valence-corrected chi connectivity index (χ1v) is 10.6. The minimum atomic E-state index is -3.78. The summed E-state index contributed by atoms with van der Waals surface area (Å²) in [4.78, 5) is 3.22. The van der Waals surface area contributed by atoms with E-state index in [0.29, 0.717) is 40.2 Å². The Kier molecular flexibility index (Phi) is 4.80. The van der Waals surface area contributed by atoms with Crippen LogP contribution in [0.25, 0.3) is 11.6 Å². The molecule has 1 aliphatic carbocycles. The number of aryl methyl sites for hydroxylation is 1. The van der Waals surface area contributed by atoms with Gasteiger partial charge in [0.25, 0.3) is 5.89 Å². The highest BCUT2D eigenvalue weighted by atomic mass is 32.2. The van der Waals surface area contributed by atoms with Crippen LogP contribution in [0.5, 0.6) is 0 Å². The van der Waals surface area contributed by atoms with Gasteiger partial charge >= 0.3 is 0 Å². The highest BCUT2D eigenvalue weighted by molar-refractivity contribution is 7.89. The maximum Gasteiger partial charge on any atom is 0.264 e. The molecule has 0 spiro atoms. The number of halogens is 1. The number of sulfonamides is 1. The van der Waals surface area contributed by atoms with Crippen LogP contribution in [0.2, 0.25) is 0 Å². The van der Waals surface area contributed by atoms with Gasteiger partial charge in [-0.05, 0) is 49.9 Å². The number of benzene rings is 1. The molecule has 2 N–H and O–H groups in total. The van der Waals surface area contributed by atoms with E-state index in [1.807, 2.05) is 0 Å². The number of nitrogens with one attached hydrogen (secondary N) is 2. The Morgan fingerprint density at radius 1 is 1.21 bits per heavy atom. The molecule has 2 aromatic heterocycles. The molecule has 1 saturated carbocycles. The molecule has 0 atom stereocenters. The Morgan fingerprint density at radius 3 is 2.57 bits per heavy atom. The van der Waals surface area contributed by atoms with E-state index >= 15 is 0 Å². The summed E-state index contributed by atoms with van der Waals surface area (Å²) in [5, 5.41) is 8.20. The molecule has 1 aliphatic rings. The second kappa shape index (κ2) is 7.14. The molecule has 3 aromatic rings. The molecule has 4 rings (SSSR count). The van der Waals surface area contributed by atoms with Crippen LogP contribution < -0.4 is 4.72 Å². The zero-order chi connectivity index (χ0) is 19.9. The van der Waals surface area contributed by atoms with Gasteiger partial charge in [0.2, 0.25) is 15.9 Å². The van der Waals surface area contributed by atoms with Gasteiger partial charge in [0.15, 0.2) is 0 Å². The summed E-state index contributed by atoms with van der Waals surface area (Å²) in [6.07, 6.45) is 3.24. The highest BCUT2D eigenvalue weighted by Crippen LogP contribution is 2.37. The topological polar surface area (TPSA) is 101 Å². The smallest absolute Gasteiger partial charge is 0.264 e. The average Bonchev–Trinajstić information content (AvgIpc) is 3.17. The van der Waals surface area contributed by atoms with Gasteiger partial charge in [-0.1, -0.05) is 18.6 Å². The maximum atomic E-state index is 13.0. The van der Waals surface area contributed by atoms with Gasteiger partial charge in [-0.25, -0.2) is 17.5 Å². The lowest BCUT2D eigenvalue weighted by Gasteiger charge is -2.20. The number of hydrogen-bond donors (Lipinski definition) is 2. The average molecular weight is 404 g/mol. The van der Waals surface area contributed by atoms with Crippen LogP contribution in [-0.4, -0.2) is 23.6 Å². The lowest BCUT2D eigenvalue weighted by Crippen LogP contribution is -2.24. The molecule has 148 valence electrons. The fourth-order valence-corrected chi connectivity index (χ4v) is 4.82. The summed E-state index contributed by atoms with van der Waals surface area (Å²) in [5.74, 6) is 0.835. The molecule has 7 nitrogen and oxygen atoms in total. The molecule has 0 radical (unpaired) electrons. The molecule has 0 aliphatic heterocycles. The second-order valence-electron chi connectivity index (χ2n) is 7.10. The van der Waals surface area contributed by atoms with Crippen molar-refractivity contribution in [2.45, 2.75) is 50.5 Å². The van der Waals surface area contributed by atoms with Crippen molar-refractivity contribution in [2.24, 2.45) is 0 Å².